The molecule has 1 aliphatic carbocycles. The second kappa shape index (κ2) is 4.95. The van der Waals surface area contributed by atoms with Crippen LogP contribution in [0.25, 0.3) is 0 Å². The minimum atomic E-state index is -0.147. The van der Waals surface area contributed by atoms with E-state index in [9.17, 15) is 5.11 Å². The fourth-order valence-electron chi connectivity index (χ4n) is 2.11. The van der Waals surface area contributed by atoms with Crippen molar-refractivity contribution in [2.75, 3.05) is 11.9 Å². The number of hydrogen-bond acceptors (Lipinski definition) is 4. The van der Waals surface area contributed by atoms with Crippen molar-refractivity contribution in [3.8, 4) is 6.07 Å². The van der Waals surface area contributed by atoms with Gasteiger partial charge in [-0.3, -0.25) is 0 Å². The van der Waals surface area contributed by atoms with Gasteiger partial charge in [-0.15, -0.1) is 0 Å². The second-order valence-corrected chi connectivity index (χ2v) is 4.23. The molecule has 0 radical (unpaired) electrons. The molecule has 0 bridgehead atoms. The lowest BCUT2D eigenvalue weighted by atomic mass is 10.1. The molecule has 1 saturated carbocycles. The number of anilines is 1. The predicted octanol–water partition coefficient (Wildman–Crippen LogP) is 1.53. The van der Waals surface area contributed by atoms with Crippen molar-refractivity contribution in [3.63, 3.8) is 0 Å². The van der Waals surface area contributed by atoms with E-state index < -0.39 is 0 Å². The van der Waals surface area contributed by atoms with Gasteiger partial charge in [0.2, 0.25) is 0 Å². The quantitative estimate of drug-likeness (QED) is 0.805. The maximum Gasteiger partial charge on any atom is 0.143 e. The summed E-state index contributed by atoms with van der Waals surface area (Å²) in [5, 5.41) is 21.5. The van der Waals surface area contributed by atoms with Gasteiger partial charge in [0.15, 0.2) is 0 Å². The Hall–Kier alpha value is -1.60. The summed E-state index contributed by atoms with van der Waals surface area (Å²) in [6.07, 6.45) is 4.31. The van der Waals surface area contributed by atoms with Gasteiger partial charge in [-0.25, -0.2) is 4.98 Å². The Morgan fingerprint density at radius 2 is 2.44 bits per heavy atom. The smallest absolute Gasteiger partial charge is 0.143 e. The summed E-state index contributed by atoms with van der Waals surface area (Å²) in [4.78, 5) is 4.13. The molecule has 16 heavy (non-hydrogen) atoms. The zero-order valence-corrected chi connectivity index (χ0v) is 9.06. The lowest BCUT2D eigenvalue weighted by Gasteiger charge is -2.11. The highest BCUT2D eigenvalue weighted by Crippen LogP contribution is 2.25. The van der Waals surface area contributed by atoms with Crippen molar-refractivity contribution in [3.05, 3.63) is 23.9 Å². The van der Waals surface area contributed by atoms with E-state index in [-0.39, 0.29) is 6.10 Å². The van der Waals surface area contributed by atoms with Crippen LogP contribution in [0.1, 0.15) is 24.8 Å². The molecule has 2 unspecified atom stereocenters. The third kappa shape index (κ3) is 2.50. The Balaban J connectivity index is 1.92. The van der Waals surface area contributed by atoms with Crippen LogP contribution in [0.5, 0.6) is 0 Å². The van der Waals surface area contributed by atoms with Gasteiger partial charge in [-0.2, -0.15) is 5.26 Å². The summed E-state index contributed by atoms with van der Waals surface area (Å²) >= 11 is 0. The Labute approximate surface area is 94.9 Å². The molecule has 0 spiro atoms. The van der Waals surface area contributed by atoms with Crippen LogP contribution in [0.4, 0.5) is 5.82 Å². The van der Waals surface area contributed by atoms with E-state index in [1.165, 1.54) is 0 Å². The average Bonchev–Trinajstić information content (AvgIpc) is 2.73. The number of nitrogens with zero attached hydrogens (tertiary/aromatic N) is 2. The number of pyridine rings is 1. The number of aliphatic hydroxyl groups is 1. The van der Waals surface area contributed by atoms with Gasteiger partial charge >= 0.3 is 0 Å². The maximum absolute atomic E-state index is 9.40. The van der Waals surface area contributed by atoms with Gasteiger partial charge in [0.1, 0.15) is 11.9 Å². The minimum absolute atomic E-state index is 0.147. The van der Waals surface area contributed by atoms with Gasteiger partial charge in [-0.1, -0.05) is 0 Å². The van der Waals surface area contributed by atoms with Crippen LogP contribution >= 0.6 is 0 Å². The molecule has 2 N–H and O–H groups in total. The van der Waals surface area contributed by atoms with Gasteiger partial charge in [0.05, 0.1) is 11.7 Å². The molecule has 2 atom stereocenters. The van der Waals surface area contributed by atoms with Gasteiger partial charge in [-0.05, 0) is 37.3 Å². The normalized spacial score (nSPS) is 24.0. The molecule has 1 aliphatic rings. The summed E-state index contributed by atoms with van der Waals surface area (Å²) < 4.78 is 0. The van der Waals surface area contributed by atoms with Gasteiger partial charge in [0.25, 0.3) is 0 Å². The molecule has 0 saturated heterocycles. The molecular formula is C12H15N3O. The van der Waals surface area contributed by atoms with Crippen LogP contribution < -0.4 is 5.32 Å². The molecule has 0 amide bonds. The molecule has 84 valence electrons. The summed E-state index contributed by atoms with van der Waals surface area (Å²) in [7, 11) is 0. The number of rotatable bonds is 3. The highest BCUT2D eigenvalue weighted by molar-refractivity contribution is 5.51. The molecule has 1 aromatic heterocycles. The van der Waals surface area contributed by atoms with Crippen molar-refractivity contribution in [2.45, 2.75) is 25.4 Å². The molecule has 4 heteroatoms. The molecule has 1 heterocycles. The fourth-order valence-corrected chi connectivity index (χ4v) is 2.11. The Morgan fingerprint density at radius 1 is 1.56 bits per heavy atom. The fraction of sp³-hybridized carbons (Fsp3) is 0.500. The predicted molar refractivity (Wildman–Crippen MR) is 60.8 cm³/mol. The number of aliphatic hydroxyl groups excluding tert-OH is 1. The van der Waals surface area contributed by atoms with Gasteiger partial charge in [0, 0.05) is 12.7 Å². The zero-order valence-electron chi connectivity index (χ0n) is 9.06. The minimum Gasteiger partial charge on any atom is -0.393 e. The van der Waals surface area contributed by atoms with Crippen molar-refractivity contribution >= 4 is 5.82 Å². The van der Waals surface area contributed by atoms with E-state index in [1.807, 2.05) is 0 Å². The Morgan fingerprint density at radius 3 is 3.12 bits per heavy atom. The summed E-state index contributed by atoms with van der Waals surface area (Å²) in [5.41, 5.74) is 0.570. The summed E-state index contributed by atoms with van der Waals surface area (Å²) in [5.74, 6) is 1.13. The van der Waals surface area contributed by atoms with E-state index in [4.69, 9.17) is 5.26 Å². The third-order valence-electron chi connectivity index (χ3n) is 3.00. The molecule has 2 rings (SSSR count). The van der Waals surface area contributed by atoms with E-state index in [0.29, 0.717) is 17.3 Å². The van der Waals surface area contributed by atoms with Gasteiger partial charge < -0.3 is 10.4 Å². The first kappa shape index (κ1) is 10.9. The Kier molecular flexibility index (Phi) is 3.37. The number of hydrogen-bond donors (Lipinski definition) is 2. The monoisotopic (exact) mass is 217 g/mol. The van der Waals surface area contributed by atoms with E-state index >= 15 is 0 Å². The topological polar surface area (TPSA) is 68.9 Å². The molecule has 1 fully saturated rings. The number of nitrogens with one attached hydrogen (secondary N) is 1. The highest BCUT2D eigenvalue weighted by Gasteiger charge is 2.22. The first-order valence-electron chi connectivity index (χ1n) is 5.56. The second-order valence-electron chi connectivity index (χ2n) is 4.23. The van der Waals surface area contributed by atoms with E-state index in [1.54, 1.807) is 18.3 Å². The molecule has 4 nitrogen and oxygen atoms in total. The van der Waals surface area contributed by atoms with E-state index in [0.717, 1.165) is 25.8 Å². The van der Waals surface area contributed by atoms with Crippen LogP contribution in [-0.4, -0.2) is 22.7 Å². The van der Waals surface area contributed by atoms with Crippen LogP contribution in [0, 0.1) is 17.2 Å². The van der Waals surface area contributed by atoms with Crippen molar-refractivity contribution in [1.82, 2.24) is 4.98 Å². The summed E-state index contributed by atoms with van der Waals surface area (Å²) in [6, 6.07) is 5.61. The average molecular weight is 217 g/mol. The lowest BCUT2D eigenvalue weighted by molar-refractivity contribution is 0.178. The molecular weight excluding hydrogens is 202 g/mol. The standard InChI is InChI=1S/C12H15N3O/c13-7-10-2-1-5-14-12(10)15-8-9-3-4-11(16)6-9/h1-2,5,9,11,16H,3-4,6,8H2,(H,14,15). The first-order valence-corrected chi connectivity index (χ1v) is 5.56. The van der Waals surface area contributed by atoms with Crippen LogP contribution in [0.15, 0.2) is 18.3 Å². The third-order valence-corrected chi connectivity index (χ3v) is 3.00. The molecule has 1 aromatic rings. The van der Waals surface area contributed by atoms with Crippen molar-refractivity contribution in [2.24, 2.45) is 5.92 Å². The van der Waals surface area contributed by atoms with Crippen LogP contribution in [0.3, 0.4) is 0 Å². The molecule has 0 aliphatic heterocycles. The maximum atomic E-state index is 9.40. The first-order chi connectivity index (χ1) is 7.79. The highest BCUT2D eigenvalue weighted by atomic mass is 16.3. The molecule has 0 aromatic carbocycles. The largest absolute Gasteiger partial charge is 0.393 e. The number of aromatic nitrogens is 1. The Bertz CT molecular complexity index is 399. The van der Waals surface area contributed by atoms with Crippen LogP contribution in [-0.2, 0) is 0 Å². The van der Waals surface area contributed by atoms with Crippen LogP contribution in [0.2, 0.25) is 0 Å². The number of nitriles is 1. The zero-order chi connectivity index (χ0) is 11.4. The van der Waals surface area contributed by atoms with E-state index in [2.05, 4.69) is 16.4 Å². The SMILES string of the molecule is N#Cc1cccnc1NCC1CCC(O)C1. The summed E-state index contributed by atoms with van der Waals surface area (Å²) in [6.45, 7) is 0.781. The van der Waals surface area contributed by atoms with Crippen molar-refractivity contribution in [1.29, 1.82) is 5.26 Å². The van der Waals surface area contributed by atoms with Crippen molar-refractivity contribution < 1.29 is 5.11 Å². The lowest BCUT2D eigenvalue weighted by Crippen LogP contribution is -2.14.